The number of nitrogens with zero attached hydrogens (tertiary/aromatic N) is 5. The second-order valence-corrected chi connectivity index (χ2v) is 6.26. The van der Waals surface area contributed by atoms with Gasteiger partial charge in [-0.25, -0.2) is 9.67 Å². The van der Waals surface area contributed by atoms with Crippen LogP contribution in [0.1, 0.15) is 22.4 Å². The maximum Gasteiger partial charge on any atom is 0.278 e. The molecular weight excluding hydrogens is 332 g/mol. The Morgan fingerprint density at radius 3 is 2.85 bits per heavy atom. The molecule has 1 amide bonds. The Bertz CT molecular complexity index is 917. The van der Waals surface area contributed by atoms with Crippen LogP contribution in [0.2, 0.25) is 0 Å². The van der Waals surface area contributed by atoms with E-state index in [0.29, 0.717) is 19.6 Å². The van der Waals surface area contributed by atoms with Crippen LogP contribution in [0.15, 0.2) is 48.9 Å². The highest BCUT2D eigenvalue weighted by molar-refractivity contribution is 5.95. The van der Waals surface area contributed by atoms with Crippen LogP contribution in [0.5, 0.6) is 5.75 Å². The van der Waals surface area contributed by atoms with Crippen molar-refractivity contribution in [2.24, 2.45) is 7.05 Å². The van der Waals surface area contributed by atoms with Crippen molar-refractivity contribution >= 4 is 5.91 Å². The number of carbonyl (C=O) groups is 1. The van der Waals surface area contributed by atoms with E-state index in [1.807, 2.05) is 48.1 Å². The van der Waals surface area contributed by atoms with E-state index in [-0.39, 0.29) is 23.4 Å². The summed E-state index contributed by atoms with van der Waals surface area (Å²) in [4.78, 5) is 19.2. The van der Waals surface area contributed by atoms with Crippen molar-refractivity contribution in [1.82, 2.24) is 29.5 Å². The molecule has 1 saturated heterocycles. The number of hydrogen-bond acceptors (Lipinski definition) is 5. The molecule has 8 heteroatoms. The zero-order chi connectivity index (χ0) is 18.1. The normalized spacial score (nSPS) is 17.4. The van der Waals surface area contributed by atoms with Crippen LogP contribution >= 0.6 is 0 Å². The van der Waals surface area contributed by atoms with Crippen LogP contribution in [0.3, 0.4) is 0 Å². The van der Waals surface area contributed by atoms with Crippen LogP contribution in [0, 0.1) is 0 Å². The quantitative estimate of drug-likeness (QED) is 0.737. The molecule has 0 saturated carbocycles. The Balaban J connectivity index is 1.66. The van der Waals surface area contributed by atoms with Gasteiger partial charge < -0.3 is 19.9 Å². The van der Waals surface area contributed by atoms with Gasteiger partial charge in [0, 0.05) is 39.1 Å². The first-order valence-corrected chi connectivity index (χ1v) is 8.48. The predicted molar refractivity (Wildman–Crippen MR) is 95.1 cm³/mol. The average Bonchev–Trinajstić information content (AvgIpc) is 3.27. The molecule has 1 aliphatic rings. The van der Waals surface area contributed by atoms with Crippen LogP contribution < -0.4 is 5.32 Å². The summed E-state index contributed by atoms with van der Waals surface area (Å²) >= 11 is 0. The number of imidazole rings is 1. The third-order valence-corrected chi connectivity index (χ3v) is 4.58. The van der Waals surface area contributed by atoms with Gasteiger partial charge in [0.15, 0.2) is 11.4 Å². The summed E-state index contributed by atoms with van der Waals surface area (Å²) in [5.74, 6) is 0.371. The summed E-state index contributed by atoms with van der Waals surface area (Å²) in [5, 5.41) is 17.9. The summed E-state index contributed by atoms with van der Waals surface area (Å²) in [6.45, 7) is 1.82. The summed E-state index contributed by atoms with van der Waals surface area (Å²) in [6, 6.07) is 9.17. The van der Waals surface area contributed by atoms with E-state index in [4.69, 9.17) is 0 Å². The molecule has 3 aromatic rings. The molecular formula is C18H20N6O2. The van der Waals surface area contributed by atoms with E-state index >= 15 is 0 Å². The van der Waals surface area contributed by atoms with Gasteiger partial charge in [-0.3, -0.25) is 4.79 Å². The smallest absolute Gasteiger partial charge is 0.278 e. The van der Waals surface area contributed by atoms with Gasteiger partial charge in [0.05, 0.1) is 11.9 Å². The largest absolute Gasteiger partial charge is 0.504 e. The SMILES string of the molecule is Cn1ccnc1C1CNCCN1C(=O)c1nn(-c2ccccc2)cc1O. The number of benzene rings is 1. The predicted octanol–water partition coefficient (Wildman–Crippen LogP) is 1.10. The fourth-order valence-electron chi connectivity index (χ4n) is 3.24. The van der Waals surface area contributed by atoms with Crippen LogP contribution in [-0.2, 0) is 7.05 Å². The lowest BCUT2D eigenvalue weighted by molar-refractivity contribution is 0.0611. The van der Waals surface area contributed by atoms with Gasteiger partial charge in [-0.05, 0) is 12.1 Å². The third-order valence-electron chi connectivity index (χ3n) is 4.58. The molecule has 2 N–H and O–H groups in total. The molecule has 0 spiro atoms. The minimum absolute atomic E-state index is 0.0509. The Morgan fingerprint density at radius 1 is 1.31 bits per heavy atom. The Kier molecular flexibility index (Phi) is 4.18. The minimum atomic E-state index is -0.299. The minimum Gasteiger partial charge on any atom is -0.504 e. The van der Waals surface area contributed by atoms with Gasteiger partial charge in [0.2, 0.25) is 0 Å². The molecule has 4 rings (SSSR count). The standard InChI is InChI=1S/C18H20N6O2/c1-22-9-8-20-17(22)14-11-19-7-10-23(14)18(26)16-15(25)12-24(21-16)13-5-3-2-4-6-13/h2-6,8-9,12,14,19,25H,7,10-11H2,1H3. The highest BCUT2D eigenvalue weighted by Gasteiger charge is 2.33. The first-order chi connectivity index (χ1) is 12.6. The number of piperazine rings is 1. The zero-order valence-corrected chi connectivity index (χ0v) is 14.4. The number of para-hydroxylation sites is 1. The lowest BCUT2D eigenvalue weighted by atomic mass is 10.1. The average molecular weight is 352 g/mol. The van der Waals surface area contributed by atoms with Gasteiger partial charge in [-0.2, -0.15) is 5.10 Å². The molecule has 0 radical (unpaired) electrons. The number of carbonyl (C=O) groups excluding carboxylic acids is 1. The monoisotopic (exact) mass is 352 g/mol. The lowest BCUT2D eigenvalue weighted by Gasteiger charge is -2.35. The number of aromatic nitrogens is 4. The van der Waals surface area contributed by atoms with E-state index in [1.54, 1.807) is 11.1 Å². The molecule has 8 nitrogen and oxygen atoms in total. The van der Waals surface area contributed by atoms with E-state index < -0.39 is 0 Å². The Morgan fingerprint density at radius 2 is 2.12 bits per heavy atom. The summed E-state index contributed by atoms with van der Waals surface area (Å²) in [5.41, 5.74) is 0.831. The fraction of sp³-hybridized carbons (Fsp3) is 0.278. The molecule has 3 heterocycles. The molecule has 26 heavy (non-hydrogen) atoms. The highest BCUT2D eigenvalue weighted by atomic mass is 16.3. The molecule has 1 aliphatic heterocycles. The van der Waals surface area contributed by atoms with Gasteiger partial charge in [-0.1, -0.05) is 18.2 Å². The van der Waals surface area contributed by atoms with E-state index in [0.717, 1.165) is 11.5 Å². The first-order valence-electron chi connectivity index (χ1n) is 8.48. The van der Waals surface area contributed by atoms with Crippen LogP contribution in [0.25, 0.3) is 5.69 Å². The van der Waals surface area contributed by atoms with E-state index in [9.17, 15) is 9.90 Å². The van der Waals surface area contributed by atoms with Crippen LogP contribution in [0.4, 0.5) is 0 Å². The van der Waals surface area contributed by atoms with Gasteiger partial charge >= 0.3 is 0 Å². The number of nitrogens with one attached hydrogen (secondary N) is 1. The first kappa shape index (κ1) is 16.3. The fourth-order valence-corrected chi connectivity index (χ4v) is 3.24. The maximum atomic E-state index is 13.1. The second-order valence-electron chi connectivity index (χ2n) is 6.26. The van der Waals surface area contributed by atoms with E-state index in [1.165, 1.54) is 10.9 Å². The number of amides is 1. The topological polar surface area (TPSA) is 88.2 Å². The number of rotatable bonds is 3. The molecule has 1 aromatic carbocycles. The zero-order valence-electron chi connectivity index (χ0n) is 14.4. The molecule has 1 unspecified atom stereocenters. The van der Waals surface area contributed by atoms with Crippen molar-refractivity contribution in [3.63, 3.8) is 0 Å². The molecule has 0 aliphatic carbocycles. The molecule has 2 aromatic heterocycles. The van der Waals surface area contributed by atoms with Crippen molar-refractivity contribution < 1.29 is 9.90 Å². The number of hydrogen-bond donors (Lipinski definition) is 2. The lowest BCUT2D eigenvalue weighted by Crippen LogP contribution is -2.49. The summed E-state index contributed by atoms with van der Waals surface area (Å²) < 4.78 is 3.42. The Labute approximate surface area is 150 Å². The number of aryl methyl sites for hydroxylation is 1. The summed E-state index contributed by atoms with van der Waals surface area (Å²) in [7, 11) is 1.90. The Hall–Kier alpha value is -3.13. The molecule has 1 fully saturated rings. The second kappa shape index (κ2) is 6.64. The van der Waals surface area contributed by atoms with Gasteiger partial charge in [-0.15, -0.1) is 0 Å². The maximum absolute atomic E-state index is 13.1. The van der Waals surface area contributed by atoms with Crippen molar-refractivity contribution in [3.05, 3.63) is 60.4 Å². The molecule has 1 atom stereocenters. The summed E-state index contributed by atoms with van der Waals surface area (Å²) in [6.07, 6.45) is 5.03. The third kappa shape index (κ3) is 2.84. The highest BCUT2D eigenvalue weighted by Crippen LogP contribution is 2.26. The van der Waals surface area contributed by atoms with Crippen molar-refractivity contribution in [2.45, 2.75) is 6.04 Å². The number of aromatic hydroxyl groups is 1. The molecule has 134 valence electrons. The van der Waals surface area contributed by atoms with Crippen molar-refractivity contribution in [3.8, 4) is 11.4 Å². The van der Waals surface area contributed by atoms with E-state index in [2.05, 4.69) is 15.4 Å². The van der Waals surface area contributed by atoms with Gasteiger partial charge in [0.25, 0.3) is 5.91 Å². The van der Waals surface area contributed by atoms with Crippen molar-refractivity contribution in [1.29, 1.82) is 0 Å². The molecule has 0 bridgehead atoms. The van der Waals surface area contributed by atoms with Gasteiger partial charge in [0.1, 0.15) is 11.9 Å². The van der Waals surface area contributed by atoms with Crippen LogP contribution in [-0.4, -0.2) is 54.9 Å². The van der Waals surface area contributed by atoms with Crippen molar-refractivity contribution in [2.75, 3.05) is 19.6 Å².